The molecule has 0 saturated carbocycles. The van der Waals surface area contributed by atoms with Gasteiger partial charge in [-0.2, -0.15) is 0 Å². The highest BCUT2D eigenvalue weighted by Crippen LogP contribution is 2.43. The molecule has 4 saturated heterocycles. The summed E-state index contributed by atoms with van der Waals surface area (Å²) in [6.07, 6.45) is 11.8. The first-order valence-corrected chi connectivity index (χ1v) is 43.8. The molecular formula is C93H98N12O19S2. The fourth-order valence-electron chi connectivity index (χ4n) is 16.6. The molecule has 0 bridgehead atoms. The Bertz CT molecular complexity index is 5510. The number of hydrogen-bond donors (Lipinski definition) is 3. The molecule has 31 nitrogen and oxygen atoms in total. The van der Waals surface area contributed by atoms with Crippen LogP contribution >= 0.6 is 22.7 Å². The van der Waals surface area contributed by atoms with Crippen molar-refractivity contribution in [3.63, 3.8) is 0 Å². The van der Waals surface area contributed by atoms with E-state index in [4.69, 9.17) is 37.9 Å². The molecule has 10 aromatic rings. The normalized spacial score (nSPS) is 18.6. The van der Waals surface area contributed by atoms with Gasteiger partial charge in [-0.3, -0.25) is 33.6 Å². The quantitative estimate of drug-likeness (QED) is 0.0303. The summed E-state index contributed by atoms with van der Waals surface area (Å²) in [6, 6.07) is 30.9. The number of aromatic nitrogens is 6. The summed E-state index contributed by atoms with van der Waals surface area (Å²) in [6.45, 7) is 15.0. The predicted octanol–water partition coefficient (Wildman–Crippen LogP) is 15.0. The molecule has 3 N–H and O–H groups in total. The highest BCUT2D eigenvalue weighted by atomic mass is 32.1. The summed E-state index contributed by atoms with van der Waals surface area (Å²) in [7, 11) is 3.35. The highest BCUT2D eigenvalue weighted by Gasteiger charge is 2.49. The van der Waals surface area contributed by atoms with Gasteiger partial charge in [0.05, 0.1) is 86.3 Å². The van der Waals surface area contributed by atoms with Gasteiger partial charge in [-0.25, -0.2) is 44.1 Å². The Labute approximate surface area is 734 Å². The number of piperidine rings is 2. The van der Waals surface area contributed by atoms with Crippen molar-refractivity contribution in [1.82, 2.24) is 38.9 Å². The van der Waals surface area contributed by atoms with Crippen LogP contribution in [0.15, 0.2) is 147 Å². The zero-order valence-electron chi connectivity index (χ0n) is 70.6. The summed E-state index contributed by atoms with van der Waals surface area (Å²) >= 11 is 2.69. The number of aryl methyl sites for hydroxylation is 4. The minimum atomic E-state index is -1.06. The predicted molar refractivity (Wildman–Crippen MR) is 470 cm³/mol. The molecule has 4 unspecified atom stereocenters. The van der Waals surface area contributed by atoms with Crippen LogP contribution in [-0.2, 0) is 91.0 Å². The summed E-state index contributed by atoms with van der Waals surface area (Å²) in [5.41, 5.74) is 7.61. The molecule has 4 fully saturated rings. The van der Waals surface area contributed by atoms with E-state index in [1.807, 2.05) is 78.2 Å². The van der Waals surface area contributed by atoms with Gasteiger partial charge in [0.15, 0.2) is 54.1 Å². The SMILES string of the molecule is C=CCOC(=O)N1c2cc(OCc3cccc(CC(=O)Nc4cn(C)c(C(=O)Cc5nc6cc(C(=O)O)ccc6s5)n4)c3)c(C)cc2C(=O)N2CCCC[C@H]2C1OC1CCCCO1.C=CCOC(=O)N1c2cc(OCc3cccc(CC(=O)Nc4cn(C)c(C(=O)Cc5nc6cc(C(C)=O)ccc6s5)n4)c3)c(C)cc2C(=O)N2CCCC[C@H]2C1OC1CCCCO1. The number of aromatic carboxylic acids is 1. The van der Waals surface area contributed by atoms with Crippen molar-refractivity contribution >= 4 is 125 Å². The number of carboxylic acids is 1. The molecule has 6 atom stereocenters. The third-order valence-corrected chi connectivity index (χ3v) is 24.8. The summed E-state index contributed by atoms with van der Waals surface area (Å²) in [5, 5.41) is 16.0. The summed E-state index contributed by atoms with van der Waals surface area (Å²) in [4.78, 5) is 157. The molecule has 6 amide bonds. The second kappa shape index (κ2) is 39.7. The number of rotatable bonds is 28. The van der Waals surface area contributed by atoms with Crippen LogP contribution < -0.4 is 29.9 Å². The van der Waals surface area contributed by atoms with Crippen LogP contribution in [0, 0.1) is 13.8 Å². The number of benzene rings is 6. The van der Waals surface area contributed by atoms with E-state index in [0.717, 1.165) is 77.5 Å². The van der Waals surface area contributed by atoms with Crippen LogP contribution in [0.1, 0.15) is 190 Å². The lowest BCUT2D eigenvalue weighted by atomic mass is 10.00. The van der Waals surface area contributed by atoms with Gasteiger partial charge in [0.2, 0.25) is 23.4 Å². The molecule has 10 heterocycles. The molecule has 33 heteroatoms. The number of ketones is 3. The van der Waals surface area contributed by atoms with E-state index >= 15 is 0 Å². The number of carboxylic acid groups (broad SMARTS) is 1. The number of imidazole rings is 2. The number of nitrogens with one attached hydrogen (secondary N) is 2. The minimum Gasteiger partial charge on any atom is -0.489 e. The number of thiazole rings is 2. The molecule has 126 heavy (non-hydrogen) atoms. The van der Waals surface area contributed by atoms with Gasteiger partial charge >= 0.3 is 18.2 Å². The van der Waals surface area contributed by atoms with E-state index in [1.165, 1.54) is 63.7 Å². The number of Topliss-reactive ketones (excluding diaryl/α,β-unsaturated/α-hetero) is 3. The first-order valence-electron chi connectivity index (χ1n) is 42.2. The van der Waals surface area contributed by atoms with E-state index in [9.17, 15) is 53.1 Å². The second-order valence-electron chi connectivity index (χ2n) is 31.9. The molecule has 6 aromatic carbocycles. The molecule has 0 radical (unpaired) electrons. The maximum atomic E-state index is 14.3. The lowest BCUT2D eigenvalue weighted by Gasteiger charge is -2.42. The Hall–Kier alpha value is -12.7. The van der Waals surface area contributed by atoms with Gasteiger partial charge in [-0.1, -0.05) is 73.8 Å². The fraction of sp³-hybridized carbons (Fsp3) is 0.376. The summed E-state index contributed by atoms with van der Waals surface area (Å²) in [5.74, 6) is -1.01. The molecule has 0 spiro atoms. The van der Waals surface area contributed by atoms with Crippen LogP contribution in [-0.4, -0.2) is 180 Å². The number of fused-ring (bicyclic) bond motifs is 6. The molecule has 6 aliphatic heterocycles. The van der Waals surface area contributed by atoms with Crippen molar-refractivity contribution < 1.29 is 90.9 Å². The van der Waals surface area contributed by atoms with E-state index < -0.39 is 55.3 Å². The maximum Gasteiger partial charge on any atom is 0.416 e. The van der Waals surface area contributed by atoms with Gasteiger partial charge in [0, 0.05) is 70.5 Å². The van der Waals surface area contributed by atoms with Crippen molar-refractivity contribution in [1.29, 1.82) is 0 Å². The van der Waals surface area contributed by atoms with Crippen LogP contribution in [0.25, 0.3) is 20.4 Å². The number of amides is 6. The highest BCUT2D eigenvalue weighted by molar-refractivity contribution is 7.19. The van der Waals surface area contributed by atoms with Crippen molar-refractivity contribution in [3.8, 4) is 11.5 Å². The minimum absolute atomic E-state index is 0.0171. The number of ether oxygens (including phenoxy) is 8. The third-order valence-electron chi connectivity index (χ3n) is 22.7. The standard InChI is InChI=1S/C47H50N6O9S.C46H48N6O10S/c1-5-18-60-47(58)53-36-24-38(28(2)20-33(36)45(57)52-17-8-6-13-35(52)46(53)62-43-14-7-9-19-59-43)61-27-31-12-10-11-30(21-31)22-41(56)49-40-26-51(4)44(50-40)37(55)25-42-48-34-23-32(29(3)54)15-16-39(34)63-42;1-4-17-60-46(58)52-34-23-36(27(2)19-31(34)43(55)51-16-7-5-12-33(51)44(52)62-41-13-6-8-18-59-41)61-26-29-11-9-10-28(20-29)21-39(54)48-38-25-50(3)42(49-38)35(53)24-40-47-32-22-30(45(56)57)14-15-37(32)63-40/h5,10-12,15-16,20-21,23-24,26,35,43,46H,1,6-9,13-14,17-19,22,25,27H2,2-4H3,(H,49,56);4,9-11,14-15,19-20,22-23,25,33,41,44H,1,5-8,12-13,16-18,21,24,26H2,2-3H3,(H,48,54)(H,56,57)/t35-,43?,46?;33-,41?,44?/m00/s1. The Morgan fingerprint density at radius 3 is 1.37 bits per heavy atom. The Balaban J connectivity index is 0.000000194. The number of nitrogens with zero attached hydrogens (tertiary/aromatic N) is 10. The monoisotopic (exact) mass is 1750 g/mol. The van der Waals surface area contributed by atoms with Crippen molar-refractivity contribution in [2.45, 2.75) is 174 Å². The number of hydrogen-bond acceptors (Lipinski definition) is 24. The van der Waals surface area contributed by atoms with Gasteiger partial charge in [0.25, 0.3) is 11.8 Å². The number of anilines is 4. The average molecular weight is 1750 g/mol. The van der Waals surface area contributed by atoms with Gasteiger partial charge in [-0.05, 0) is 180 Å². The summed E-state index contributed by atoms with van der Waals surface area (Å²) < 4.78 is 54.0. The van der Waals surface area contributed by atoms with Gasteiger partial charge < -0.3 is 72.6 Å². The Morgan fingerprint density at radius 2 is 0.952 bits per heavy atom. The van der Waals surface area contributed by atoms with Crippen molar-refractivity contribution in [2.75, 3.05) is 60.0 Å². The molecular weight excluding hydrogens is 1650 g/mol. The topological polar surface area (TPSA) is 363 Å². The zero-order chi connectivity index (χ0) is 88.4. The van der Waals surface area contributed by atoms with E-state index in [2.05, 4.69) is 43.7 Å². The number of carbonyl (C=O) groups excluding carboxylic acids is 9. The van der Waals surface area contributed by atoms with E-state index in [-0.39, 0.29) is 122 Å². The molecule has 6 aliphatic rings. The first kappa shape index (κ1) is 88.2. The third kappa shape index (κ3) is 20.5. The lowest BCUT2D eigenvalue weighted by molar-refractivity contribution is -0.199. The van der Waals surface area contributed by atoms with Crippen LogP contribution in [0.3, 0.4) is 0 Å². The first-order chi connectivity index (χ1) is 60.9. The molecule has 16 rings (SSSR count). The second-order valence-corrected chi connectivity index (χ2v) is 34.2. The van der Waals surface area contributed by atoms with Gasteiger partial charge in [0.1, 0.15) is 47.9 Å². The largest absolute Gasteiger partial charge is 0.489 e. The smallest absolute Gasteiger partial charge is 0.416 e. The van der Waals surface area contributed by atoms with Crippen molar-refractivity contribution in [3.05, 3.63) is 224 Å². The van der Waals surface area contributed by atoms with Crippen LogP contribution in [0.4, 0.5) is 32.6 Å². The van der Waals surface area contributed by atoms with E-state index in [0.29, 0.717) is 129 Å². The van der Waals surface area contributed by atoms with Crippen LogP contribution in [0.2, 0.25) is 0 Å². The van der Waals surface area contributed by atoms with Crippen molar-refractivity contribution in [2.24, 2.45) is 14.1 Å². The molecule has 4 aromatic heterocycles. The maximum absolute atomic E-state index is 14.3. The van der Waals surface area contributed by atoms with Crippen LogP contribution in [0.5, 0.6) is 11.5 Å². The molecule has 656 valence electrons. The zero-order valence-corrected chi connectivity index (χ0v) is 72.3. The van der Waals surface area contributed by atoms with E-state index in [1.54, 1.807) is 78.1 Å². The van der Waals surface area contributed by atoms with Gasteiger partial charge in [-0.15, -0.1) is 22.7 Å². The fourth-order valence-corrected chi connectivity index (χ4v) is 18.5. The Morgan fingerprint density at radius 1 is 0.524 bits per heavy atom. The molecule has 0 aliphatic carbocycles. The number of carbonyl (C=O) groups is 10. The Kier molecular flexibility index (Phi) is 27.8. The average Bonchev–Trinajstić information content (AvgIpc) is 1.58. The lowest BCUT2D eigenvalue weighted by Crippen LogP contribution is -2.57.